The van der Waals surface area contributed by atoms with Crippen LogP contribution in [-0.4, -0.2) is 22.6 Å². The van der Waals surface area contributed by atoms with Crippen LogP contribution >= 0.6 is 11.5 Å². The Morgan fingerprint density at radius 3 is 2.57 bits per heavy atom. The molecule has 1 amide bonds. The van der Waals surface area contributed by atoms with Gasteiger partial charge in [-0.05, 0) is 54.4 Å². The first-order valence-corrected chi connectivity index (χ1v) is 7.80. The number of aromatic nitrogens is 2. The summed E-state index contributed by atoms with van der Waals surface area (Å²) in [4.78, 5) is 13.0. The molecular formula is C17H15N3O2S. The predicted octanol–water partition coefficient (Wildman–Crippen LogP) is 3.77. The lowest BCUT2D eigenvalue weighted by molar-refractivity contribution is 0.103. The number of aryl methyl sites for hydroxylation is 1. The van der Waals surface area contributed by atoms with E-state index in [0.717, 1.165) is 34.1 Å². The minimum absolute atomic E-state index is 0.208. The van der Waals surface area contributed by atoms with E-state index >= 15 is 0 Å². The molecule has 116 valence electrons. The normalized spacial score (nSPS) is 10.3. The number of hydrogen-bond donors (Lipinski definition) is 1. The van der Waals surface area contributed by atoms with Crippen LogP contribution in [0.1, 0.15) is 15.2 Å². The van der Waals surface area contributed by atoms with Crippen molar-refractivity contribution in [3.63, 3.8) is 0 Å². The topological polar surface area (TPSA) is 64.1 Å². The average molecular weight is 325 g/mol. The zero-order chi connectivity index (χ0) is 16.2. The molecule has 1 aromatic heterocycles. The summed E-state index contributed by atoms with van der Waals surface area (Å²) in [5.74, 6) is 0.544. The fraction of sp³-hybridized carbons (Fsp3) is 0.118. The second kappa shape index (κ2) is 6.58. The highest BCUT2D eigenvalue weighted by Crippen LogP contribution is 2.27. The lowest BCUT2D eigenvalue weighted by atomic mass is 10.1. The number of methoxy groups -OCH3 is 1. The fourth-order valence-electron chi connectivity index (χ4n) is 2.17. The summed E-state index contributed by atoms with van der Waals surface area (Å²) in [6, 6.07) is 15.0. The first kappa shape index (κ1) is 15.2. The van der Waals surface area contributed by atoms with E-state index in [0.29, 0.717) is 10.6 Å². The van der Waals surface area contributed by atoms with E-state index in [1.54, 1.807) is 7.11 Å². The van der Waals surface area contributed by atoms with Gasteiger partial charge in [0.25, 0.3) is 5.91 Å². The molecule has 0 aliphatic heterocycles. The van der Waals surface area contributed by atoms with Crippen molar-refractivity contribution >= 4 is 23.1 Å². The number of ether oxygens (including phenoxy) is 1. The summed E-state index contributed by atoms with van der Waals surface area (Å²) < 4.78 is 9.07. The highest BCUT2D eigenvalue weighted by molar-refractivity contribution is 7.08. The van der Waals surface area contributed by atoms with Gasteiger partial charge in [-0.3, -0.25) is 4.79 Å². The average Bonchev–Trinajstić information content (AvgIpc) is 3.07. The van der Waals surface area contributed by atoms with Crippen molar-refractivity contribution in [2.75, 3.05) is 12.4 Å². The molecule has 0 saturated heterocycles. The molecule has 6 heteroatoms. The largest absolute Gasteiger partial charge is 0.497 e. The third kappa shape index (κ3) is 3.22. The molecule has 0 aliphatic carbocycles. The summed E-state index contributed by atoms with van der Waals surface area (Å²) in [5.41, 5.74) is 3.19. The molecule has 3 rings (SSSR count). The van der Waals surface area contributed by atoms with Crippen LogP contribution in [0.5, 0.6) is 5.75 Å². The smallest absolute Gasteiger partial charge is 0.269 e. The van der Waals surface area contributed by atoms with Crippen LogP contribution < -0.4 is 10.1 Å². The zero-order valence-electron chi connectivity index (χ0n) is 12.7. The third-order valence-corrected chi connectivity index (χ3v) is 4.18. The van der Waals surface area contributed by atoms with Crippen LogP contribution in [0.3, 0.4) is 0 Å². The number of hydrogen-bond acceptors (Lipinski definition) is 5. The number of nitrogens with one attached hydrogen (secondary N) is 1. The van der Waals surface area contributed by atoms with Crippen LogP contribution in [0.15, 0.2) is 48.5 Å². The Labute approximate surface area is 138 Å². The molecule has 0 unspecified atom stereocenters. The summed E-state index contributed by atoms with van der Waals surface area (Å²) in [6.45, 7) is 1.95. The molecule has 5 nitrogen and oxygen atoms in total. The van der Waals surface area contributed by atoms with E-state index in [4.69, 9.17) is 4.74 Å². The summed E-state index contributed by atoms with van der Waals surface area (Å²) >= 11 is 1.08. The maximum atomic E-state index is 12.5. The minimum atomic E-state index is -0.208. The van der Waals surface area contributed by atoms with E-state index in [9.17, 15) is 4.79 Å². The van der Waals surface area contributed by atoms with Gasteiger partial charge in [-0.25, -0.2) is 0 Å². The summed E-state index contributed by atoms with van der Waals surface area (Å²) in [5, 5.41) is 7.01. The molecule has 0 atom stereocenters. The maximum Gasteiger partial charge on any atom is 0.269 e. The van der Waals surface area contributed by atoms with Gasteiger partial charge in [-0.2, -0.15) is 0 Å². The van der Waals surface area contributed by atoms with Gasteiger partial charge < -0.3 is 10.1 Å². The fourth-order valence-corrected chi connectivity index (χ4v) is 2.75. The Kier molecular flexibility index (Phi) is 4.34. The number of nitrogens with zero attached hydrogens (tertiary/aromatic N) is 2. The molecule has 3 aromatic rings. The number of anilines is 1. The molecule has 23 heavy (non-hydrogen) atoms. The Morgan fingerprint density at radius 2 is 1.87 bits per heavy atom. The van der Waals surface area contributed by atoms with Gasteiger partial charge in [0.1, 0.15) is 16.3 Å². The number of para-hydroxylation sites is 1. The number of carbonyl (C=O) groups excluding carboxylic acids is 1. The molecular weight excluding hydrogens is 310 g/mol. The van der Waals surface area contributed by atoms with E-state index in [1.807, 2.05) is 55.5 Å². The molecule has 1 heterocycles. The van der Waals surface area contributed by atoms with Gasteiger partial charge in [0.2, 0.25) is 0 Å². The van der Waals surface area contributed by atoms with Crippen molar-refractivity contribution in [3.8, 4) is 17.0 Å². The highest BCUT2D eigenvalue weighted by Gasteiger charge is 2.18. The van der Waals surface area contributed by atoms with Crippen LogP contribution in [0.2, 0.25) is 0 Å². The number of carbonyl (C=O) groups is 1. The van der Waals surface area contributed by atoms with Crippen LogP contribution in [-0.2, 0) is 0 Å². The molecule has 2 aromatic carbocycles. The van der Waals surface area contributed by atoms with Crippen molar-refractivity contribution in [2.24, 2.45) is 0 Å². The van der Waals surface area contributed by atoms with E-state index in [2.05, 4.69) is 14.9 Å². The number of rotatable bonds is 4. The quantitative estimate of drug-likeness (QED) is 0.793. The van der Waals surface area contributed by atoms with Crippen LogP contribution in [0, 0.1) is 6.92 Å². The molecule has 0 aliphatic rings. The molecule has 0 saturated carbocycles. The molecule has 1 N–H and O–H groups in total. The molecule has 0 radical (unpaired) electrons. The van der Waals surface area contributed by atoms with Gasteiger partial charge in [0.05, 0.1) is 7.11 Å². The van der Waals surface area contributed by atoms with Crippen molar-refractivity contribution in [3.05, 3.63) is 59.0 Å². The van der Waals surface area contributed by atoms with Gasteiger partial charge >= 0.3 is 0 Å². The van der Waals surface area contributed by atoms with Gasteiger partial charge in [-0.1, -0.05) is 22.7 Å². The molecule has 0 fully saturated rings. The van der Waals surface area contributed by atoms with Crippen LogP contribution in [0.4, 0.5) is 5.69 Å². The van der Waals surface area contributed by atoms with Gasteiger partial charge in [0.15, 0.2) is 0 Å². The second-order valence-electron chi connectivity index (χ2n) is 4.95. The summed E-state index contributed by atoms with van der Waals surface area (Å²) in [6.07, 6.45) is 0. The van der Waals surface area contributed by atoms with Crippen LogP contribution in [0.25, 0.3) is 11.3 Å². The first-order valence-electron chi connectivity index (χ1n) is 7.03. The van der Waals surface area contributed by atoms with Crippen molar-refractivity contribution in [1.82, 2.24) is 9.59 Å². The number of benzene rings is 2. The second-order valence-corrected chi connectivity index (χ2v) is 5.70. The zero-order valence-corrected chi connectivity index (χ0v) is 13.6. The SMILES string of the molecule is COc1ccc(-c2nnsc2C(=O)Nc2ccccc2C)cc1. The Balaban J connectivity index is 1.88. The Bertz CT molecular complexity index is 828. The first-order chi connectivity index (χ1) is 11.2. The van der Waals surface area contributed by atoms with Crippen molar-refractivity contribution in [2.45, 2.75) is 6.92 Å². The minimum Gasteiger partial charge on any atom is -0.497 e. The van der Waals surface area contributed by atoms with Gasteiger partial charge in [0, 0.05) is 11.3 Å². The van der Waals surface area contributed by atoms with E-state index in [-0.39, 0.29) is 5.91 Å². The lowest BCUT2D eigenvalue weighted by Gasteiger charge is -2.07. The molecule has 0 bridgehead atoms. The Morgan fingerprint density at radius 1 is 1.13 bits per heavy atom. The van der Waals surface area contributed by atoms with Gasteiger partial charge in [-0.15, -0.1) is 5.10 Å². The van der Waals surface area contributed by atoms with Crippen molar-refractivity contribution in [1.29, 1.82) is 0 Å². The standard InChI is InChI=1S/C17H15N3O2S/c1-11-5-3-4-6-14(11)18-17(21)16-15(19-20-23-16)12-7-9-13(22-2)10-8-12/h3-10H,1-2H3,(H,18,21). The maximum absolute atomic E-state index is 12.5. The monoisotopic (exact) mass is 325 g/mol. The molecule has 0 spiro atoms. The Hall–Kier alpha value is -2.73. The third-order valence-electron chi connectivity index (χ3n) is 3.45. The van der Waals surface area contributed by atoms with E-state index < -0.39 is 0 Å². The summed E-state index contributed by atoms with van der Waals surface area (Å²) in [7, 11) is 1.61. The van der Waals surface area contributed by atoms with Crippen molar-refractivity contribution < 1.29 is 9.53 Å². The predicted molar refractivity (Wildman–Crippen MR) is 91.0 cm³/mol. The number of amides is 1. The highest BCUT2D eigenvalue weighted by atomic mass is 32.1. The lowest BCUT2D eigenvalue weighted by Crippen LogP contribution is -2.12. The van der Waals surface area contributed by atoms with E-state index in [1.165, 1.54) is 0 Å².